The first-order chi connectivity index (χ1) is 7.06. The predicted octanol–water partition coefficient (Wildman–Crippen LogP) is 3.58. The number of anilines is 1. The molecule has 0 atom stereocenters. The Bertz CT molecular complexity index is 325. The number of halogens is 1. The summed E-state index contributed by atoms with van der Waals surface area (Å²) in [5.41, 5.74) is 1.11. The molecule has 0 spiro atoms. The van der Waals surface area contributed by atoms with E-state index in [-0.39, 0.29) is 0 Å². The van der Waals surface area contributed by atoms with Gasteiger partial charge >= 0.3 is 0 Å². The number of rotatable bonds is 4. The van der Waals surface area contributed by atoms with Gasteiger partial charge in [0, 0.05) is 18.8 Å². The lowest BCUT2D eigenvalue weighted by Crippen LogP contribution is -2.25. The van der Waals surface area contributed by atoms with Gasteiger partial charge in [0.2, 0.25) is 0 Å². The van der Waals surface area contributed by atoms with Crippen LogP contribution in [0.15, 0.2) is 18.2 Å². The van der Waals surface area contributed by atoms with Gasteiger partial charge in [-0.2, -0.15) is 0 Å². The molecule has 1 rings (SSSR count). The third-order valence-corrected chi connectivity index (χ3v) is 2.69. The third kappa shape index (κ3) is 3.03. The standard InChI is InChI=1S/C12H18ClNO/c1-5-15-12-7-6-10(8-11(12)13)14(4)9(2)3/h6-9H,5H2,1-4H3. The van der Waals surface area contributed by atoms with E-state index in [9.17, 15) is 0 Å². The monoisotopic (exact) mass is 227 g/mol. The van der Waals surface area contributed by atoms with E-state index in [0.29, 0.717) is 17.7 Å². The van der Waals surface area contributed by atoms with Gasteiger partial charge < -0.3 is 9.64 Å². The number of nitrogens with zero attached hydrogens (tertiary/aromatic N) is 1. The summed E-state index contributed by atoms with van der Waals surface area (Å²) < 4.78 is 5.38. The highest BCUT2D eigenvalue weighted by molar-refractivity contribution is 6.32. The zero-order chi connectivity index (χ0) is 11.4. The van der Waals surface area contributed by atoms with Crippen LogP contribution in [0.3, 0.4) is 0 Å². The highest BCUT2D eigenvalue weighted by atomic mass is 35.5. The Morgan fingerprint density at radius 3 is 2.53 bits per heavy atom. The molecule has 2 nitrogen and oxygen atoms in total. The maximum atomic E-state index is 6.11. The molecule has 1 aromatic carbocycles. The molecule has 3 heteroatoms. The molecule has 0 bridgehead atoms. The Labute approximate surface area is 96.8 Å². The molecule has 0 fully saturated rings. The van der Waals surface area contributed by atoms with Gasteiger partial charge in [-0.3, -0.25) is 0 Å². The van der Waals surface area contributed by atoms with Crippen molar-refractivity contribution in [2.75, 3.05) is 18.6 Å². The molecule has 0 aromatic heterocycles. The van der Waals surface area contributed by atoms with Crippen molar-refractivity contribution in [3.63, 3.8) is 0 Å². The molecule has 0 heterocycles. The SMILES string of the molecule is CCOc1ccc(N(C)C(C)C)cc1Cl. The topological polar surface area (TPSA) is 12.5 Å². The van der Waals surface area contributed by atoms with Gasteiger partial charge in [0.05, 0.1) is 11.6 Å². The zero-order valence-electron chi connectivity index (χ0n) is 9.75. The third-order valence-electron chi connectivity index (χ3n) is 2.40. The molecule has 1 aromatic rings. The van der Waals surface area contributed by atoms with Crippen molar-refractivity contribution in [2.24, 2.45) is 0 Å². The maximum Gasteiger partial charge on any atom is 0.138 e. The first-order valence-corrected chi connectivity index (χ1v) is 5.59. The van der Waals surface area contributed by atoms with Gasteiger partial charge in [-0.25, -0.2) is 0 Å². The summed E-state index contributed by atoms with van der Waals surface area (Å²) in [5, 5.41) is 0.668. The van der Waals surface area contributed by atoms with E-state index in [1.54, 1.807) is 0 Å². The lowest BCUT2D eigenvalue weighted by Gasteiger charge is -2.24. The molecule has 0 aliphatic carbocycles. The van der Waals surface area contributed by atoms with Gasteiger partial charge in [-0.05, 0) is 39.0 Å². The van der Waals surface area contributed by atoms with E-state index in [4.69, 9.17) is 16.3 Å². The second-order valence-electron chi connectivity index (χ2n) is 3.75. The minimum atomic E-state index is 0.457. The van der Waals surface area contributed by atoms with Crippen molar-refractivity contribution in [1.29, 1.82) is 0 Å². The molecular formula is C12H18ClNO. The molecule has 0 amide bonds. The van der Waals surface area contributed by atoms with Gasteiger partial charge in [0.15, 0.2) is 0 Å². The summed E-state index contributed by atoms with van der Waals surface area (Å²) in [7, 11) is 2.05. The molecule has 0 saturated carbocycles. The van der Waals surface area contributed by atoms with E-state index in [1.807, 2.05) is 25.1 Å². The van der Waals surface area contributed by atoms with Crippen LogP contribution in [-0.2, 0) is 0 Å². The fourth-order valence-corrected chi connectivity index (χ4v) is 1.51. The van der Waals surface area contributed by atoms with E-state index < -0.39 is 0 Å². The summed E-state index contributed by atoms with van der Waals surface area (Å²) in [4.78, 5) is 2.17. The normalized spacial score (nSPS) is 10.5. The van der Waals surface area contributed by atoms with E-state index in [1.165, 1.54) is 0 Å². The smallest absolute Gasteiger partial charge is 0.138 e. The number of hydrogen-bond donors (Lipinski definition) is 0. The summed E-state index contributed by atoms with van der Waals surface area (Å²) in [6.07, 6.45) is 0. The lowest BCUT2D eigenvalue weighted by molar-refractivity contribution is 0.340. The van der Waals surface area contributed by atoms with Crippen molar-refractivity contribution >= 4 is 17.3 Å². The molecule has 0 aliphatic heterocycles. The van der Waals surface area contributed by atoms with Gasteiger partial charge in [0.1, 0.15) is 5.75 Å². The van der Waals surface area contributed by atoms with Crippen LogP contribution < -0.4 is 9.64 Å². The highest BCUT2D eigenvalue weighted by Crippen LogP contribution is 2.29. The number of hydrogen-bond acceptors (Lipinski definition) is 2. The second kappa shape index (κ2) is 5.26. The van der Waals surface area contributed by atoms with Gasteiger partial charge in [-0.15, -0.1) is 0 Å². The second-order valence-corrected chi connectivity index (χ2v) is 4.16. The Hall–Kier alpha value is -0.890. The molecule has 15 heavy (non-hydrogen) atoms. The number of benzene rings is 1. The molecular weight excluding hydrogens is 210 g/mol. The van der Waals surface area contributed by atoms with Gasteiger partial charge in [-0.1, -0.05) is 11.6 Å². The molecule has 0 unspecified atom stereocenters. The predicted molar refractivity (Wildman–Crippen MR) is 66.2 cm³/mol. The Morgan fingerprint density at radius 1 is 1.40 bits per heavy atom. The van der Waals surface area contributed by atoms with Crippen LogP contribution in [0.5, 0.6) is 5.75 Å². The van der Waals surface area contributed by atoms with Crippen molar-refractivity contribution in [2.45, 2.75) is 26.8 Å². The van der Waals surface area contributed by atoms with Crippen LogP contribution in [0.2, 0.25) is 5.02 Å². The van der Waals surface area contributed by atoms with Crippen LogP contribution in [0.25, 0.3) is 0 Å². The van der Waals surface area contributed by atoms with E-state index >= 15 is 0 Å². The quantitative estimate of drug-likeness (QED) is 0.780. The highest BCUT2D eigenvalue weighted by Gasteiger charge is 2.08. The summed E-state index contributed by atoms with van der Waals surface area (Å²) in [6, 6.07) is 6.34. The van der Waals surface area contributed by atoms with Crippen molar-refractivity contribution < 1.29 is 4.74 Å². The summed E-state index contributed by atoms with van der Waals surface area (Å²) in [6.45, 7) is 6.87. The Morgan fingerprint density at radius 2 is 2.07 bits per heavy atom. The minimum absolute atomic E-state index is 0.457. The maximum absolute atomic E-state index is 6.11. The van der Waals surface area contributed by atoms with Gasteiger partial charge in [0.25, 0.3) is 0 Å². The first kappa shape index (κ1) is 12.2. The zero-order valence-corrected chi connectivity index (χ0v) is 10.5. The molecule has 0 aliphatic rings. The Kier molecular flexibility index (Phi) is 4.28. The average molecular weight is 228 g/mol. The average Bonchev–Trinajstić information content (AvgIpc) is 2.20. The molecule has 0 saturated heterocycles. The van der Waals surface area contributed by atoms with Crippen LogP contribution in [0.1, 0.15) is 20.8 Å². The molecule has 0 radical (unpaired) electrons. The van der Waals surface area contributed by atoms with Crippen LogP contribution in [-0.4, -0.2) is 19.7 Å². The molecule has 84 valence electrons. The fraction of sp³-hybridized carbons (Fsp3) is 0.500. The largest absolute Gasteiger partial charge is 0.492 e. The molecule has 0 N–H and O–H groups in total. The van der Waals surface area contributed by atoms with Crippen LogP contribution in [0, 0.1) is 0 Å². The lowest BCUT2D eigenvalue weighted by atomic mass is 10.2. The summed E-state index contributed by atoms with van der Waals surface area (Å²) in [5.74, 6) is 0.750. The minimum Gasteiger partial charge on any atom is -0.492 e. The first-order valence-electron chi connectivity index (χ1n) is 5.21. The Balaban J connectivity index is 2.90. The summed E-state index contributed by atoms with van der Waals surface area (Å²) >= 11 is 6.11. The van der Waals surface area contributed by atoms with Crippen LogP contribution in [0.4, 0.5) is 5.69 Å². The van der Waals surface area contributed by atoms with Crippen molar-refractivity contribution in [3.8, 4) is 5.75 Å². The number of ether oxygens (including phenoxy) is 1. The van der Waals surface area contributed by atoms with Crippen molar-refractivity contribution in [1.82, 2.24) is 0 Å². The van der Waals surface area contributed by atoms with Crippen LogP contribution >= 0.6 is 11.6 Å². The van der Waals surface area contributed by atoms with E-state index in [0.717, 1.165) is 11.4 Å². The van der Waals surface area contributed by atoms with E-state index in [2.05, 4.69) is 25.8 Å². The van der Waals surface area contributed by atoms with Crippen molar-refractivity contribution in [3.05, 3.63) is 23.2 Å². The fourth-order valence-electron chi connectivity index (χ4n) is 1.28.